The lowest BCUT2D eigenvalue weighted by Gasteiger charge is -2.29. The first kappa shape index (κ1) is 23.3. The van der Waals surface area contributed by atoms with E-state index in [9.17, 15) is 9.90 Å². The van der Waals surface area contributed by atoms with Gasteiger partial charge >= 0.3 is 0 Å². The number of amides is 1. The predicted molar refractivity (Wildman–Crippen MR) is 131 cm³/mol. The Hall–Kier alpha value is -3.37. The van der Waals surface area contributed by atoms with Crippen LogP contribution in [0.15, 0.2) is 84.9 Å². The molecule has 0 unspecified atom stereocenters. The highest BCUT2D eigenvalue weighted by atomic mass is 16.3. The van der Waals surface area contributed by atoms with Gasteiger partial charge in [-0.25, -0.2) is 0 Å². The van der Waals surface area contributed by atoms with Crippen LogP contribution in [-0.2, 0) is 23.2 Å². The third-order valence-corrected chi connectivity index (χ3v) is 5.69. The number of nitrogens with one attached hydrogen (secondary N) is 2. The van der Waals surface area contributed by atoms with Gasteiger partial charge in [0.05, 0.1) is 5.70 Å². The van der Waals surface area contributed by atoms with Gasteiger partial charge in [-0.1, -0.05) is 106 Å². The van der Waals surface area contributed by atoms with Crippen molar-refractivity contribution >= 4 is 11.6 Å². The molecule has 4 heteroatoms. The molecule has 3 N–H and O–H groups in total. The molecule has 0 spiro atoms. The second-order valence-corrected chi connectivity index (χ2v) is 7.78. The number of carbonyl (C=O) groups excluding carboxylic acids is 1. The van der Waals surface area contributed by atoms with Crippen molar-refractivity contribution in [3.8, 4) is 0 Å². The number of rotatable bonds is 9. The molecule has 3 rings (SSSR count). The maximum atomic E-state index is 13.5. The van der Waals surface area contributed by atoms with E-state index in [4.69, 9.17) is 0 Å². The van der Waals surface area contributed by atoms with Crippen LogP contribution >= 0.6 is 0 Å². The normalized spacial score (nSPS) is 11.8. The molecule has 4 nitrogen and oxygen atoms in total. The fourth-order valence-electron chi connectivity index (χ4n) is 3.67. The molecule has 166 valence electrons. The summed E-state index contributed by atoms with van der Waals surface area (Å²) in [6, 6.07) is 24.9. The molecule has 0 heterocycles. The van der Waals surface area contributed by atoms with E-state index < -0.39 is 11.5 Å². The van der Waals surface area contributed by atoms with Crippen LogP contribution in [0.1, 0.15) is 55.0 Å². The molecule has 1 amide bonds. The average molecular weight is 429 g/mol. The van der Waals surface area contributed by atoms with E-state index in [2.05, 4.69) is 24.7 Å². The van der Waals surface area contributed by atoms with Gasteiger partial charge in [-0.05, 0) is 47.1 Å². The van der Waals surface area contributed by atoms with Gasteiger partial charge in [0.15, 0.2) is 5.60 Å². The SMILES string of the molecule is CC/C=C(\NNC(=O)C(O)(c1ccc(CC)cc1)c1ccc(CC)cc1)c1ccccc1. The van der Waals surface area contributed by atoms with Crippen LogP contribution in [0.3, 0.4) is 0 Å². The molecular weight excluding hydrogens is 396 g/mol. The molecule has 0 atom stereocenters. The number of benzene rings is 3. The summed E-state index contributed by atoms with van der Waals surface area (Å²) in [5.74, 6) is -0.538. The molecule has 0 aliphatic heterocycles. The van der Waals surface area contributed by atoms with Gasteiger partial charge < -0.3 is 5.11 Å². The van der Waals surface area contributed by atoms with Gasteiger partial charge in [0, 0.05) is 0 Å². The number of aryl methyl sites for hydroxylation is 2. The van der Waals surface area contributed by atoms with E-state index in [1.807, 2.05) is 91.9 Å². The smallest absolute Gasteiger partial charge is 0.279 e. The molecule has 3 aromatic carbocycles. The molecule has 0 bridgehead atoms. The Morgan fingerprint density at radius 2 is 1.28 bits per heavy atom. The second kappa shape index (κ2) is 10.8. The van der Waals surface area contributed by atoms with Crippen LogP contribution < -0.4 is 10.9 Å². The van der Waals surface area contributed by atoms with Crippen molar-refractivity contribution in [2.24, 2.45) is 0 Å². The van der Waals surface area contributed by atoms with Gasteiger partial charge in [0.25, 0.3) is 5.91 Å². The summed E-state index contributed by atoms with van der Waals surface area (Å²) in [4.78, 5) is 13.5. The lowest BCUT2D eigenvalue weighted by atomic mass is 9.84. The van der Waals surface area contributed by atoms with E-state index in [0.29, 0.717) is 11.1 Å². The van der Waals surface area contributed by atoms with Crippen molar-refractivity contribution in [2.75, 3.05) is 0 Å². The molecule has 0 radical (unpaired) electrons. The minimum absolute atomic E-state index is 0.527. The van der Waals surface area contributed by atoms with Crippen LogP contribution in [0, 0.1) is 0 Å². The molecule has 32 heavy (non-hydrogen) atoms. The highest BCUT2D eigenvalue weighted by Gasteiger charge is 2.40. The van der Waals surface area contributed by atoms with Crippen molar-refractivity contribution in [1.82, 2.24) is 10.9 Å². The molecule has 0 aliphatic carbocycles. The molecular formula is C28H32N2O2. The number of carbonyl (C=O) groups is 1. The molecule has 0 fully saturated rings. The summed E-state index contributed by atoms with van der Waals surface area (Å²) in [7, 11) is 0. The lowest BCUT2D eigenvalue weighted by molar-refractivity contribution is -0.137. The van der Waals surface area contributed by atoms with Crippen molar-refractivity contribution in [3.63, 3.8) is 0 Å². The van der Waals surface area contributed by atoms with E-state index >= 15 is 0 Å². The van der Waals surface area contributed by atoms with Gasteiger partial charge in [-0.3, -0.25) is 15.6 Å². The van der Waals surface area contributed by atoms with Gasteiger partial charge in [-0.2, -0.15) is 0 Å². The molecule has 0 aromatic heterocycles. The fraction of sp³-hybridized carbons (Fsp3) is 0.250. The van der Waals surface area contributed by atoms with Crippen molar-refractivity contribution in [3.05, 3.63) is 113 Å². The van der Waals surface area contributed by atoms with Gasteiger partial charge in [0.2, 0.25) is 0 Å². The third kappa shape index (κ3) is 5.09. The predicted octanol–water partition coefficient (Wildman–Crippen LogP) is 5.12. The zero-order chi connectivity index (χ0) is 23.0. The fourth-order valence-corrected chi connectivity index (χ4v) is 3.67. The summed E-state index contributed by atoms with van der Waals surface area (Å²) in [5, 5.41) is 11.8. The van der Waals surface area contributed by atoms with E-state index in [0.717, 1.165) is 41.6 Å². The maximum Gasteiger partial charge on any atom is 0.279 e. The lowest BCUT2D eigenvalue weighted by Crippen LogP contribution is -2.50. The zero-order valence-corrected chi connectivity index (χ0v) is 19.1. The first-order chi connectivity index (χ1) is 15.5. The largest absolute Gasteiger partial charge is 0.372 e. The minimum Gasteiger partial charge on any atom is -0.372 e. The summed E-state index contributed by atoms with van der Waals surface area (Å²) in [5.41, 5.74) is 9.04. The number of allylic oxidation sites excluding steroid dienone is 1. The molecule has 3 aromatic rings. The quantitative estimate of drug-likeness (QED) is 0.415. The topological polar surface area (TPSA) is 61.4 Å². The number of hydrogen-bond acceptors (Lipinski definition) is 3. The van der Waals surface area contributed by atoms with Crippen LogP contribution in [0.25, 0.3) is 5.70 Å². The Bertz CT molecular complexity index is 992. The molecule has 0 aliphatic rings. The van der Waals surface area contributed by atoms with Crippen LogP contribution in [0.2, 0.25) is 0 Å². The second-order valence-electron chi connectivity index (χ2n) is 7.78. The van der Waals surface area contributed by atoms with Crippen molar-refractivity contribution in [1.29, 1.82) is 0 Å². The Morgan fingerprint density at radius 1 is 0.781 bits per heavy atom. The van der Waals surface area contributed by atoms with E-state index in [-0.39, 0.29) is 0 Å². The van der Waals surface area contributed by atoms with E-state index in [1.54, 1.807) is 0 Å². The highest BCUT2D eigenvalue weighted by molar-refractivity contribution is 5.90. The Morgan fingerprint density at radius 3 is 1.72 bits per heavy atom. The zero-order valence-electron chi connectivity index (χ0n) is 19.1. The summed E-state index contributed by atoms with van der Waals surface area (Å²) in [6.45, 7) is 6.19. The maximum absolute atomic E-state index is 13.5. The summed E-state index contributed by atoms with van der Waals surface area (Å²) < 4.78 is 0. The molecule has 0 saturated carbocycles. The van der Waals surface area contributed by atoms with Gasteiger partial charge in [-0.15, -0.1) is 0 Å². The first-order valence-corrected chi connectivity index (χ1v) is 11.3. The Kier molecular flexibility index (Phi) is 7.85. The summed E-state index contributed by atoms with van der Waals surface area (Å²) >= 11 is 0. The van der Waals surface area contributed by atoms with Crippen molar-refractivity contribution in [2.45, 2.75) is 45.6 Å². The molecule has 0 saturated heterocycles. The standard InChI is InChI=1S/C28H32N2O2/c1-4-10-26(23-11-8-7-9-12-23)29-30-27(31)28(32,24-17-13-21(5-2)14-18-24)25-19-15-22(6-3)16-20-25/h7-20,29,32H,4-6H2,1-3H3,(H,30,31)/b26-10-. The van der Waals surface area contributed by atoms with Crippen LogP contribution in [-0.4, -0.2) is 11.0 Å². The monoisotopic (exact) mass is 428 g/mol. The first-order valence-electron chi connectivity index (χ1n) is 11.3. The third-order valence-electron chi connectivity index (χ3n) is 5.69. The number of hydrogen-bond donors (Lipinski definition) is 3. The Balaban J connectivity index is 1.94. The summed E-state index contributed by atoms with van der Waals surface area (Å²) in [6.07, 6.45) is 4.58. The van der Waals surface area contributed by atoms with Gasteiger partial charge in [0.1, 0.15) is 0 Å². The van der Waals surface area contributed by atoms with Crippen LogP contribution in [0.5, 0.6) is 0 Å². The highest BCUT2D eigenvalue weighted by Crippen LogP contribution is 2.31. The van der Waals surface area contributed by atoms with E-state index in [1.165, 1.54) is 0 Å². The minimum atomic E-state index is -1.83. The average Bonchev–Trinajstić information content (AvgIpc) is 2.86. The van der Waals surface area contributed by atoms with Crippen molar-refractivity contribution < 1.29 is 9.90 Å². The Labute approximate surface area is 191 Å². The van der Waals surface area contributed by atoms with Crippen LogP contribution in [0.4, 0.5) is 0 Å². The number of aliphatic hydroxyl groups is 1. The number of hydrazine groups is 1.